The summed E-state index contributed by atoms with van der Waals surface area (Å²) in [5, 5.41) is 11.5. The number of nitro benzene ring substituents is 1. The van der Waals surface area contributed by atoms with Crippen molar-refractivity contribution in [3.8, 4) is 0 Å². The number of sulfonamides is 1. The average molecular weight is 429 g/mol. The van der Waals surface area contributed by atoms with Crippen molar-refractivity contribution in [2.24, 2.45) is 0 Å². The van der Waals surface area contributed by atoms with Crippen molar-refractivity contribution in [1.82, 2.24) is 9.39 Å². The predicted molar refractivity (Wildman–Crippen MR) is 108 cm³/mol. The van der Waals surface area contributed by atoms with Crippen LogP contribution in [-0.4, -0.2) is 45.3 Å². The van der Waals surface area contributed by atoms with E-state index in [1.54, 1.807) is 0 Å². The molecular formula is C16H20N3O5PS2. The highest BCUT2D eigenvalue weighted by atomic mass is 32.4. The molecular weight excluding hydrogens is 409 g/mol. The fourth-order valence-electron chi connectivity index (χ4n) is 2.21. The van der Waals surface area contributed by atoms with Gasteiger partial charge in [-0.15, -0.1) is 0 Å². The van der Waals surface area contributed by atoms with Crippen molar-refractivity contribution >= 4 is 39.2 Å². The minimum atomic E-state index is -3.79. The second-order valence-corrected chi connectivity index (χ2v) is 11.6. The zero-order chi connectivity index (χ0) is 20.1. The number of nitrogens with zero attached hydrogens (tertiary/aromatic N) is 2. The Bertz CT molecular complexity index is 934. The molecule has 2 rings (SSSR count). The van der Waals surface area contributed by atoms with Crippen LogP contribution in [-0.2, 0) is 26.4 Å². The Hall–Kier alpha value is -1.68. The van der Waals surface area contributed by atoms with Crippen molar-refractivity contribution in [2.75, 3.05) is 27.2 Å². The molecule has 1 N–H and O–H groups in total. The molecule has 27 heavy (non-hydrogen) atoms. The molecule has 8 nitrogen and oxygen atoms in total. The molecule has 0 saturated heterocycles. The first-order chi connectivity index (χ1) is 12.7. The molecule has 0 spiro atoms. The van der Waals surface area contributed by atoms with E-state index in [0.717, 1.165) is 17.4 Å². The van der Waals surface area contributed by atoms with E-state index in [1.165, 1.54) is 12.1 Å². The van der Waals surface area contributed by atoms with Crippen LogP contribution >= 0.6 is 6.42 Å². The van der Waals surface area contributed by atoms with Gasteiger partial charge in [-0.05, 0) is 38.0 Å². The Labute approximate surface area is 163 Å². The zero-order valence-electron chi connectivity index (χ0n) is 14.8. The lowest BCUT2D eigenvalue weighted by molar-refractivity contribution is -0.384. The van der Waals surface area contributed by atoms with E-state index in [9.17, 15) is 18.5 Å². The third-order valence-electron chi connectivity index (χ3n) is 3.63. The number of benzene rings is 2. The standard InChI is InChI=1S/C16H20N3O5PS2/c1-18(2)25(26,15-6-4-3-5-7-15)24-13-12-17-27(22,23)16-10-8-14(9-11-16)19(20)21/h3-11,17H,12-13H2,1-2H3. The maximum Gasteiger partial charge on any atom is 0.269 e. The van der Waals surface area contributed by atoms with Gasteiger partial charge >= 0.3 is 0 Å². The number of nitro groups is 1. The van der Waals surface area contributed by atoms with E-state index in [4.69, 9.17) is 16.3 Å². The Balaban J connectivity index is 2.00. The Morgan fingerprint density at radius 2 is 1.74 bits per heavy atom. The molecule has 0 amide bonds. The van der Waals surface area contributed by atoms with Crippen molar-refractivity contribution in [2.45, 2.75) is 4.90 Å². The van der Waals surface area contributed by atoms with Gasteiger partial charge in [-0.3, -0.25) is 14.8 Å². The summed E-state index contributed by atoms with van der Waals surface area (Å²) in [5.74, 6) is 0. The molecule has 0 saturated carbocycles. The van der Waals surface area contributed by atoms with Gasteiger partial charge in [0.05, 0.1) is 16.4 Å². The van der Waals surface area contributed by atoms with Gasteiger partial charge in [-0.2, -0.15) is 0 Å². The Kier molecular flexibility index (Phi) is 7.21. The van der Waals surface area contributed by atoms with Gasteiger partial charge < -0.3 is 4.52 Å². The molecule has 0 aliphatic rings. The number of rotatable bonds is 9. The highest BCUT2D eigenvalue weighted by molar-refractivity contribution is 8.14. The topological polar surface area (TPSA) is 102 Å². The highest BCUT2D eigenvalue weighted by Gasteiger charge is 2.23. The van der Waals surface area contributed by atoms with Crippen LogP contribution in [0.25, 0.3) is 0 Å². The molecule has 0 radical (unpaired) electrons. The normalized spacial score (nSPS) is 14.0. The van der Waals surface area contributed by atoms with Gasteiger partial charge in [0.25, 0.3) is 5.69 Å². The first-order valence-corrected chi connectivity index (χ1v) is 12.0. The molecule has 0 aliphatic heterocycles. The van der Waals surface area contributed by atoms with Gasteiger partial charge in [0.1, 0.15) is 0 Å². The molecule has 0 aliphatic carbocycles. The molecule has 146 valence electrons. The van der Waals surface area contributed by atoms with Crippen molar-refractivity contribution in [1.29, 1.82) is 0 Å². The van der Waals surface area contributed by atoms with E-state index < -0.39 is 21.4 Å². The van der Waals surface area contributed by atoms with Crippen LogP contribution in [0.3, 0.4) is 0 Å². The molecule has 1 unspecified atom stereocenters. The molecule has 0 heterocycles. The first-order valence-electron chi connectivity index (χ1n) is 7.89. The summed E-state index contributed by atoms with van der Waals surface area (Å²) >= 11 is 5.71. The van der Waals surface area contributed by atoms with Gasteiger partial charge in [-0.1, -0.05) is 30.3 Å². The van der Waals surface area contributed by atoms with Crippen molar-refractivity contribution in [3.63, 3.8) is 0 Å². The summed E-state index contributed by atoms with van der Waals surface area (Å²) in [4.78, 5) is 10.0. The van der Waals surface area contributed by atoms with Crippen LogP contribution in [0.1, 0.15) is 0 Å². The molecule has 0 aromatic heterocycles. The minimum absolute atomic E-state index is 0.0262. The average Bonchev–Trinajstić information content (AvgIpc) is 2.65. The van der Waals surface area contributed by atoms with Gasteiger partial charge in [0.2, 0.25) is 10.0 Å². The lowest BCUT2D eigenvalue weighted by atomic mass is 10.3. The summed E-state index contributed by atoms with van der Waals surface area (Å²) in [7, 11) is -0.137. The SMILES string of the molecule is CN(C)P(=S)(OCCNS(=O)(=O)c1ccc([N+](=O)[O-])cc1)c1ccccc1. The third kappa shape index (κ3) is 5.41. The Morgan fingerprint density at radius 1 is 1.15 bits per heavy atom. The van der Waals surface area contributed by atoms with Crippen LogP contribution in [0, 0.1) is 10.1 Å². The second-order valence-electron chi connectivity index (χ2n) is 5.69. The van der Waals surface area contributed by atoms with Crippen LogP contribution in [0.4, 0.5) is 5.69 Å². The van der Waals surface area contributed by atoms with Gasteiger partial charge in [0.15, 0.2) is 6.42 Å². The lowest BCUT2D eigenvalue weighted by Crippen LogP contribution is -2.29. The smallest absolute Gasteiger partial charge is 0.269 e. The van der Waals surface area contributed by atoms with Crippen molar-refractivity contribution < 1.29 is 17.9 Å². The largest absolute Gasteiger partial charge is 0.333 e. The predicted octanol–water partition coefficient (Wildman–Crippen LogP) is 2.09. The summed E-state index contributed by atoms with van der Waals surface area (Å²) in [6.07, 6.45) is -2.46. The highest BCUT2D eigenvalue weighted by Crippen LogP contribution is 2.47. The fourth-order valence-corrected chi connectivity index (χ4v) is 5.54. The summed E-state index contributed by atoms with van der Waals surface area (Å²) in [6, 6.07) is 14.1. The quantitative estimate of drug-likeness (QED) is 0.282. The van der Waals surface area contributed by atoms with Gasteiger partial charge in [-0.25, -0.2) is 13.1 Å². The van der Waals surface area contributed by atoms with E-state index >= 15 is 0 Å². The second kappa shape index (κ2) is 9.01. The van der Waals surface area contributed by atoms with Crippen LogP contribution in [0.2, 0.25) is 0 Å². The maximum absolute atomic E-state index is 12.3. The van der Waals surface area contributed by atoms with Crippen LogP contribution in [0.5, 0.6) is 0 Å². The van der Waals surface area contributed by atoms with E-state index in [1.807, 2.05) is 49.1 Å². The first kappa shape index (κ1) is 21.6. The maximum atomic E-state index is 12.3. The molecule has 0 fully saturated rings. The number of hydrogen-bond acceptors (Lipinski definition) is 6. The number of non-ortho nitro benzene ring substituents is 1. The third-order valence-corrected chi connectivity index (χ3v) is 9.57. The molecule has 0 bridgehead atoms. The zero-order valence-corrected chi connectivity index (χ0v) is 17.3. The van der Waals surface area contributed by atoms with Crippen molar-refractivity contribution in [3.05, 3.63) is 64.7 Å². The molecule has 2 aromatic carbocycles. The summed E-state index contributed by atoms with van der Waals surface area (Å²) < 4.78 is 34.7. The summed E-state index contributed by atoms with van der Waals surface area (Å²) in [6.45, 7) is 0.120. The monoisotopic (exact) mass is 429 g/mol. The van der Waals surface area contributed by atoms with E-state index in [0.29, 0.717) is 0 Å². The number of nitrogens with one attached hydrogen (secondary N) is 1. The Morgan fingerprint density at radius 3 is 2.26 bits per heavy atom. The van der Waals surface area contributed by atoms with Crippen LogP contribution < -0.4 is 10.0 Å². The fraction of sp³-hybridized carbons (Fsp3) is 0.250. The molecule has 2 aromatic rings. The van der Waals surface area contributed by atoms with E-state index in [2.05, 4.69) is 4.72 Å². The molecule has 11 heteroatoms. The number of hydrogen-bond donors (Lipinski definition) is 1. The van der Waals surface area contributed by atoms with Crippen LogP contribution in [0.15, 0.2) is 59.5 Å². The summed E-state index contributed by atoms with van der Waals surface area (Å²) in [5.41, 5.74) is -0.174. The lowest BCUT2D eigenvalue weighted by Gasteiger charge is -2.29. The minimum Gasteiger partial charge on any atom is -0.333 e. The molecule has 1 atom stereocenters. The van der Waals surface area contributed by atoms with Gasteiger partial charge in [0, 0.05) is 24.0 Å². The van der Waals surface area contributed by atoms with E-state index in [-0.39, 0.29) is 23.7 Å².